The van der Waals surface area contributed by atoms with Gasteiger partial charge in [-0.1, -0.05) is 74.5 Å². The average Bonchev–Trinajstić information content (AvgIpc) is 1.74. The maximum absolute atomic E-state index is 14.7. The third-order valence-corrected chi connectivity index (χ3v) is 16.7. The van der Waals surface area contributed by atoms with Crippen molar-refractivity contribution in [2.45, 2.75) is 183 Å². The minimum absolute atomic E-state index is 0.0736. The van der Waals surface area contributed by atoms with Crippen LogP contribution in [0.5, 0.6) is 0 Å². The molecular weight excluding hydrogens is 1250 g/mol. The Bertz CT molecular complexity index is 2960. The van der Waals surface area contributed by atoms with Crippen molar-refractivity contribution in [3.05, 3.63) is 71.8 Å². The van der Waals surface area contributed by atoms with E-state index in [1.54, 1.807) is 60.7 Å². The number of nitrogens with zero attached hydrogens (tertiary/aromatic N) is 3. The fourth-order valence-electron chi connectivity index (χ4n) is 11.0. The summed E-state index contributed by atoms with van der Waals surface area (Å²) in [6.45, 7) is 3.86. The molecule has 95 heavy (non-hydrogen) atoms. The van der Waals surface area contributed by atoms with Gasteiger partial charge in [0.15, 0.2) is 5.96 Å². The van der Waals surface area contributed by atoms with Crippen molar-refractivity contribution in [3.8, 4) is 0 Å². The number of hydrogen-bond donors (Lipinski definition) is 15. The molecule has 13 amide bonds. The molecule has 2 aromatic carbocycles. The summed E-state index contributed by atoms with van der Waals surface area (Å²) in [4.78, 5) is 185. The fourth-order valence-corrected chi connectivity index (χ4v) is 11.5. The summed E-state index contributed by atoms with van der Waals surface area (Å²) >= 11 is 1.45. The van der Waals surface area contributed by atoms with Crippen LogP contribution >= 0.6 is 11.8 Å². The van der Waals surface area contributed by atoms with Gasteiger partial charge in [0.1, 0.15) is 54.4 Å². The van der Waals surface area contributed by atoms with E-state index in [0.29, 0.717) is 55.4 Å². The van der Waals surface area contributed by atoms with Crippen molar-refractivity contribution in [2.75, 3.05) is 44.7 Å². The summed E-state index contributed by atoms with van der Waals surface area (Å²) in [6.07, 6.45) is 3.12. The van der Waals surface area contributed by atoms with E-state index in [2.05, 4.69) is 47.5 Å². The Labute approximate surface area is 558 Å². The number of primary amides is 3. The number of guanidine groups is 1. The summed E-state index contributed by atoms with van der Waals surface area (Å²) in [5.41, 5.74) is 40.6. The first-order valence-corrected chi connectivity index (χ1v) is 33.6. The highest BCUT2D eigenvalue weighted by Crippen LogP contribution is 2.24. The molecule has 2 fully saturated rings. The van der Waals surface area contributed by atoms with Gasteiger partial charge in [0, 0.05) is 45.3 Å². The van der Waals surface area contributed by atoms with Crippen LogP contribution in [0, 0.1) is 5.92 Å². The number of amides is 13. The van der Waals surface area contributed by atoms with Gasteiger partial charge in [-0.2, -0.15) is 11.8 Å². The highest BCUT2D eigenvalue weighted by Gasteiger charge is 2.42. The molecule has 0 unspecified atom stereocenters. The molecule has 10 atom stereocenters. The molecule has 2 heterocycles. The van der Waals surface area contributed by atoms with Gasteiger partial charge < -0.3 is 92.5 Å². The smallest absolute Gasteiger partial charge is 0.245 e. The number of rotatable bonds is 42. The lowest BCUT2D eigenvalue weighted by atomic mass is 10.0. The Morgan fingerprint density at radius 1 is 0.537 bits per heavy atom. The minimum atomic E-state index is -1.64. The predicted octanol–water partition coefficient (Wildman–Crippen LogP) is -3.71. The van der Waals surface area contributed by atoms with Gasteiger partial charge in [-0.15, -0.1) is 0 Å². The standard InChI is InChI=1S/C63H98N18O13S/c1-37(2)33-45(57(89)74-41(53(68)85)27-32-95-3)73-52(84)36-72-54(86)46(34-38-15-6-4-7-16-38)78-58(90)47(35-39-17-8-5-9-18-39)79-56(88)42(23-25-50(66)82)75-55(87)43(24-26-51(67)83)76-59(91)49-22-14-31-81(49)62(94)44(20-10-11-28-64)77-60(92)48-21-13-30-80(48)61(93)40(65)19-12-29-71-63(69)70/h4-9,15-18,37,40-49H,10-14,19-36,64-65H2,1-3H3,(H2,66,82)(H2,67,83)(H2,68,85)(H,72,86)(H,73,84)(H,74,89)(H,75,87)(H,76,91)(H,77,92)(H,78,90)(H,79,88)(H4,69,70,71)/t40-,41+,42+,43-,44+,45-,46-,47+,48+,49+/m1/s1. The lowest BCUT2D eigenvalue weighted by molar-refractivity contribution is -0.144. The largest absolute Gasteiger partial charge is 0.370 e. The fraction of sp³-hybridized carbons (Fsp3) is 0.587. The van der Waals surface area contributed by atoms with Crippen LogP contribution in [-0.2, 0) is 75.2 Å². The summed E-state index contributed by atoms with van der Waals surface area (Å²) in [7, 11) is 0. The number of likely N-dealkylation sites (tertiary alicyclic amines) is 2. The van der Waals surface area contributed by atoms with Crippen molar-refractivity contribution in [2.24, 2.45) is 51.0 Å². The van der Waals surface area contributed by atoms with Gasteiger partial charge in [-0.25, -0.2) is 0 Å². The monoisotopic (exact) mass is 1350 g/mol. The van der Waals surface area contributed by atoms with Gasteiger partial charge in [0.2, 0.25) is 76.8 Å². The van der Waals surface area contributed by atoms with Crippen LogP contribution in [0.4, 0.5) is 0 Å². The molecular formula is C63H98N18O13S. The van der Waals surface area contributed by atoms with E-state index in [9.17, 15) is 62.3 Å². The van der Waals surface area contributed by atoms with Crippen molar-refractivity contribution in [3.63, 3.8) is 0 Å². The molecule has 0 aromatic heterocycles. The van der Waals surface area contributed by atoms with E-state index in [-0.39, 0.29) is 83.0 Å². The maximum Gasteiger partial charge on any atom is 0.245 e. The Balaban J connectivity index is 1.56. The Morgan fingerprint density at radius 3 is 1.51 bits per heavy atom. The summed E-state index contributed by atoms with van der Waals surface area (Å²) in [5.74, 6) is -9.80. The van der Waals surface area contributed by atoms with Gasteiger partial charge in [0.25, 0.3) is 0 Å². The molecule has 22 N–H and O–H groups in total. The third-order valence-electron chi connectivity index (χ3n) is 16.0. The molecule has 4 rings (SSSR count). The second-order valence-electron chi connectivity index (χ2n) is 24.1. The lowest BCUT2D eigenvalue weighted by Crippen LogP contribution is -2.60. The second kappa shape index (κ2) is 41.0. The van der Waals surface area contributed by atoms with E-state index in [1.165, 1.54) is 21.6 Å². The first-order valence-electron chi connectivity index (χ1n) is 32.2. The molecule has 0 bridgehead atoms. The quantitative estimate of drug-likeness (QED) is 0.0173. The van der Waals surface area contributed by atoms with E-state index >= 15 is 0 Å². The Hall–Kier alpha value is -8.91. The first-order chi connectivity index (χ1) is 45.2. The summed E-state index contributed by atoms with van der Waals surface area (Å²) in [5, 5.41) is 21.1. The van der Waals surface area contributed by atoms with E-state index < -0.39 is 169 Å². The Kier molecular flexibility index (Phi) is 33.9. The van der Waals surface area contributed by atoms with Crippen LogP contribution in [0.1, 0.15) is 121 Å². The predicted molar refractivity (Wildman–Crippen MR) is 356 cm³/mol. The number of nitrogens with two attached hydrogens (primary N) is 7. The molecule has 2 aliphatic heterocycles. The van der Waals surface area contributed by atoms with Crippen LogP contribution in [-0.4, -0.2) is 198 Å². The topological polar surface area (TPSA) is 519 Å². The van der Waals surface area contributed by atoms with Crippen molar-refractivity contribution < 1.29 is 62.3 Å². The van der Waals surface area contributed by atoms with E-state index in [4.69, 9.17) is 40.1 Å². The van der Waals surface area contributed by atoms with Crippen LogP contribution in [0.3, 0.4) is 0 Å². The number of aliphatic imine (C=N–C) groups is 1. The maximum atomic E-state index is 14.7. The van der Waals surface area contributed by atoms with Crippen LogP contribution in [0.2, 0.25) is 0 Å². The summed E-state index contributed by atoms with van der Waals surface area (Å²) in [6, 6.07) is 4.51. The molecule has 524 valence electrons. The van der Waals surface area contributed by atoms with E-state index in [0.717, 1.165) is 0 Å². The number of nitrogens with one attached hydrogen (secondary N) is 8. The second-order valence-corrected chi connectivity index (χ2v) is 25.1. The highest BCUT2D eigenvalue weighted by atomic mass is 32.2. The zero-order valence-corrected chi connectivity index (χ0v) is 55.3. The number of hydrogen-bond acceptors (Lipinski definition) is 17. The molecule has 2 aromatic rings. The first kappa shape index (κ1) is 78.5. The number of unbranched alkanes of at least 4 members (excludes halogenated alkanes) is 1. The Morgan fingerprint density at radius 2 is 1.01 bits per heavy atom. The minimum Gasteiger partial charge on any atom is -0.370 e. The molecule has 32 heteroatoms. The van der Waals surface area contributed by atoms with Crippen molar-refractivity contribution in [1.29, 1.82) is 0 Å². The molecule has 2 saturated heterocycles. The molecule has 0 spiro atoms. The molecule has 0 radical (unpaired) electrons. The zero-order valence-electron chi connectivity index (χ0n) is 54.5. The number of carbonyl (C=O) groups is 13. The van der Waals surface area contributed by atoms with Crippen LogP contribution in [0.15, 0.2) is 65.7 Å². The SMILES string of the molecule is CSCC[C@H](NC(=O)[C@@H](CC(C)C)NC(=O)CNC(=O)[C@@H](Cc1ccccc1)NC(=O)[C@H](Cc1ccccc1)NC(=O)[C@H](CCC(N)=O)NC(=O)[C@@H](CCC(N)=O)NC(=O)[C@@H]1CCCN1C(=O)[C@H](CCCCN)NC(=O)[C@@H]1CCCN1C(=O)[C@H](N)CCCN=C(N)N)C(N)=O. The van der Waals surface area contributed by atoms with Crippen molar-refractivity contribution in [1.82, 2.24) is 52.3 Å². The number of benzene rings is 2. The van der Waals surface area contributed by atoms with Gasteiger partial charge in [-0.3, -0.25) is 67.3 Å². The average molecular weight is 1350 g/mol. The number of carbonyl (C=O) groups excluding carboxylic acids is 13. The van der Waals surface area contributed by atoms with Gasteiger partial charge >= 0.3 is 0 Å². The molecule has 0 saturated carbocycles. The van der Waals surface area contributed by atoms with Crippen molar-refractivity contribution >= 4 is 94.5 Å². The van der Waals surface area contributed by atoms with Crippen LogP contribution in [0.25, 0.3) is 0 Å². The van der Waals surface area contributed by atoms with Gasteiger partial charge in [-0.05, 0) is 119 Å². The third kappa shape index (κ3) is 27.5. The normalized spacial score (nSPS) is 16.8. The lowest BCUT2D eigenvalue weighted by Gasteiger charge is -2.32. The summed E-state index contributed by atoms with van der Waals surface area (Å²) < 4.78 is 0. The van der Waals surface area contributed by atoms with Crippen LogP contribution < -0.4 is 82.7 Å². The van der Waals surface area contributed by atoms with E-state index in [1.807, 2.05) is 20.1 Å². The highest BCUT2D eigenvalue weighted by molar-refractivity contribution is 7.98. The molecule has 2 aliphatic rings. The zero-order chi connectivity index (χ0) is 70.1. The molecule has 0 aliphatic carbocycles. The molecule has 31 nitrogen and oxygen atoms in total. The number of thioether (sulfide) groups is 1. The van der Waals surface area contributed by atoms with Gasteiger partial charge in [0.05, 0.1) is 12.6 Å².